The number of aromatic nitrogens is 3. The van der Waals surface area contributed by atoms with E-state index in [4.69, 9.17) is 29.8 Å². The van der Waals surface area contributed by atoms with E-state index in [2.05, 4.69) is 29.6 Å². The Morgan fingerprint density at radius 3 is 2.71 bits per heavy atom. The van der Waals surface area contributed by atoms with Crippen LogP contribution in [0.15, 0.2) is 16.3 Å². The number of hydrogen-bond acceptors (Lipinski definition) is 17. The van der Waals surface area contributed by atoms with Crippen LogP contribution < -0.4 is 16.8 Å². The molecule has 1 aliphatic carbocycles. The maximum absolute atomic E-state index is 14.2. The number of rotatable bonds is 2. The van der Waals surface area contributed by atoms with Gasteiger partial charge in [0.15, 0.2) is 24.0 Å². The zero-order valence-electron chi connectivity index (χ0n) is 23.9. The molecule has 0 bridgehead atoms. The van der Waals surface area contributed by atoms with Crippen LogP contribution in [0.3, 0.4) is 0 Å². The van der Waals surface area contributed by atoms with E-state index < -0.39 is 87.8 Å². The highest BCUT2D eigenvalue weighted by Crippen LogP contribution is 2.70. The Kier molecular flexibility index (Phi) is 7.18. The SMILES string of the molecule is C[C@@]12COP(=O)(O)O[C@H]3C[C@H](c4snc5c(N)ncnc45)O[C@@H]3COP(=O)(O)[C@]1(C)[C@@H](O)[C@H](N1C=NC3C(=O)NC(N)=NC31)C2. The molecule has 0 radical (unpaired) electrons. The number of phosphoric acid groups is 1. The summed E-state index contributed by atoms with van der Waals surface area (Å²) in [5.74, 6) is -0.454. The van der Waals surface area contributed by atoms with Gasteiger partial charge in [-0.1, -0.05) is 6.92 Å². The third-order valence-electron chi connectivity index (χ3n) is 9.57. The Labute approximate surface area is 259 Å². The summed E-state index contributed by atoms with van der Waals surface area (Å²) in [5, 5.41) is 12.3. The molecule has 19 nitrogen and oxygen atoms in total. The number of carbonyl (C=O) groups is 1. The number of fused-ring (bicyclic) bond motifs is 4. The van der Waals surface area contributed by atoms with Gasteiger partial charge in [-0.15, -0.1) is 0 Å². The summed E-state index contributed by atoms with van der Waals surface area (Å²) in [4.78, 5) is 53.6. The minimum atomic E-state index is -4.81. The summed E-state index contributed by atoms with van der Waals surface area (Å²) in [6.07, 6.45) is -2.80. The van der Waals surface area contributed by atoms with E-state index in [0.717, 1.165) is 11.5 Å². The van der Waals surface area contributed by atoms with Crippen LogP contribution in [-0.2, 0) is 32.2 Å². The van der Waals surface area contributed by atoms with Gasteiger partial charge in [0.05, 0.1) is 42.7 Å². The predicted molar refractivity (Wildman–Crippen MR) is 157 cm³/mol. The number of phosphoric ester groups is 1. The first kappa shape index (κ1) is 31.0. The van der Waals surface area contributed by atoms with Crippen molar-refractivity contribution in [3.05, 3.63) is 11.2 Å². The second kappa shape index (κ2) is 10.4. The minimum Gasteiger partial charge on any atom is -0.390 e. The van der Waals surface area contributed by atoms with Gasteiger partial charge in [-0.2, -0.15) is 4.37 Å². The third-order valence-corrected chi connectivity index (χ3v) is 14.0. The molecule has 1 saturated carbocycles. The van der Waals surface area contributed by atoms with Crippen LogP contribution in [-0.4, -0.2) is 107 Å². The van der Waals surface area contributed by atoms with Crippen molar-refractivity contribution in [2.24, 2.45) is 21.1 Å². The number of amides is 1. The zero-order chi connectivity index (χ0) is 32.1. The number of guanidine groups is 1. The molecule has 4 unspecified atom stereocenters. The molecule has 2 saturated heterocycles. The molecule has 1 amide bonds. The summed E-state index contributed by atoms with van der Waals surface area (Å²) in [5.41, 5.74) is 11.1. The summed E-state index contributed by atoms with van der Waals surface area (Å²) < 4.78 is 54.8. The third kappa shape index (κ3) is 4.73. The van der Waals surface area contributed by atoms with E-state index in [9.17, 15) is 28.8 Å². The Morgan fingerprint density at radius 1 is 1.16 bits per heavy atom. The zero-order valence-corrected chi connectivity index (χ0v) is 26.5. The molecule has 7 rings (SSSR count). The molecule has 0 spiro atoms. The van der Waals surface area contributed by atoms with Crippen molar-refractivity contribution in [3.63, 3.8) is 0 Å². The van der Waals surface area contributed by atoms with Crippen molar-refractivity contribution in [2.75, 3.05) is 18.9 Å². The van der Waals surface area contributed by atoms with Gasteiger partial charge in [0.1, 0.15) is 34.7 Å². The van der Waals surface area contributed by atoms with Crippen LogP contribution >= 0.6 is 27.0 Å². The van der Waals surface area contributed by atoms with Crippen LogP contribution in [0.5, 0.6) is 0 Å². The summed E-state index contributed by atoms with van der Waals surface area (Å²) in [6.45, 7) is 1.82. The number of hydrogen-bond donors (Lipinski definition) is 6. The summed E-state index contributed by atoms with van der Waals surface area (Å²) in [6, 6.07) is -1.89. The first-order chi connectivity index (χ1) is 21.1. The smallest absolute Gasteiger partial charge is 0.390 e. The molecule has 3 fully saturated rings. The monoisotopic (exact) mass is 687 g/mol. The van der Waals surface area contributed by atoms with Gasteiger partial charge in [-0.05, 0) is 24.9 Å². The number of anilines is 1. The van der Waals surface area contributed by atoms with Gasteiger partial charge in [0.25, 0.3) is 5.91 Å². The van der Waals surface area contributed by atoms with Crippen molar-refractivity contribution in [1.29, 1.82) is 0 Å². The molecular formula is C23H31N9O10P2S. The largest absolute Gasteiger partial charge is 0.472 e. The van der Waals surface area contributed by atoms with Gasteiger partial charge in [-0.25, -0.2) is 19.5 Å². The van der Waals surface area contributed by atoms with Crippen LogP contribution in [0.1, 0.15) is 37.7 Å². The summed E-state index contributed by atoms with van der Waals surface area (Å²) >= 11 is 1.06. The average Bonchev–Trinajstić information content (AvgIpc) is 3.73. The second-order valence-corrected chi connectivity index (χ2v) is 16.5. The van der Waals surface area contributed by atoms with E-state index >= 15 is 0 Å². The lowest BCUT2D eigenvalue weighted by Gasteiger charge is -2.44. The lowest BCUT2D eigenvalue weighted by Crippen LogP contribution is -2.57. The fourth-order valence-electron chi connectivity index (χ4n) is 6.84. The first-order valence-corrected chi connectivity index (χ1v) is 17.8. The number of aliphatic hydroxyl groups excluding tert-OH is 1. The Balaban J connectivity index is 1.20. The molecule has 0 aromatic carbocycles. The summed E-state index contributed by atoms with van der Waals surface area (Å²) in [7, 11) is -9.61. The molecule has 45 heavy (non-hydrogen) atoms. The lowest BCUT2D eigenvalue weighted by molar-refractivity contribution is -0.122. The lowest BCUT2D eigenvalue weighted by atomic mass is 9.80. The van der Waals surface area contributed by atoms with E-state index in [1.807, 2.05) is 0 Å². The van der Waals surface area contributed by atoms with Crippen LogP contribution in [0, 0.1) is 5.41 Å². The first-order valence-electron chi connectivity index (χ1n) is 13.9. The van der Waals surface area contributed by atoms with Gasteiger partial charge in [0, 0.05) is 11.8 Å². The normalized spacial score (nSPS) is 45.0. The van der Waals surface area contributed by atoms with Crippen LogP contribution in [0.4, 0.5) is 5.82 Å². The van der Waals surface area contributed by atoms with Crippen molar-refractivity contribution >= 4 is 62.0 Å². The molecule has 6 heterocycles. The number of nitrogen functional groups attached to an aromatic ring is 1. The van der Waals surface area contributed by atoms with Crippen molar-refractivity contribution < 1.29 is 47.1 Å². The average molecular weight is 688 g/mol. The van der Waals surface area contributed by atoms with Gasteiger partial charge < -0.3 is 40.5 Å². The molecular weight excluding hydrogens is 656 g/mol. The maximum atomic E-state index is 14.2. The molecule has 11 atom stereocenters. The van der Waals surface area contributed by atoms with E-state index in [1.54, 1.807) is 6.92 Å². The fourth-order valence-corrected chi connectivity index (χ4v) is 10.7. The Bertz CT molecular complexity index is 1730. The fraction of sp³-hybridized carbons (Fsp3) is 0.652. The molecule has 2 aromatic rings. The maximum Gasteiger partial charge on any atom is 0.472 e. The predicted octanol–water partition coefficient (Wildman–Crippen LogP) is -0.402. The molecule has 22 heteroatoms. The number of ether oxygens (including phenoxy) is 1. The molecule has 8 N–H and O–H groups in total. The van der Waals surface area contributed by atoms with Gasteiger partial charge in [-0.3, -0.25) is 28.7 Å². The van der Waals surface area contributed by atoms with Crippen molar-refractivity contribution in [2.45, 2.75) is 74.5 Å². The standard InChI is InChI=1S/C23H31N9O10P2S/c1-22-4-9(32-8-28-15-19(32)29-21(25)30-20(15)34)17(33)23(22,2)43(35,36)39-5-12-10(42-44(37,38)40-6-22)3-11(41-12)16-13-14(31-45-16)18(24)27-7-26-13/h7-12,15,17,19,33H,3-6H2,1-2H3,(H,35,36)(H,37,38)(H2,24,26,27)(H3,25,29,30,34)/t9-,10+,11-,12-,15?,17+,19?,22-,23-/m1/s1. The van der Waals surface area contributed by atoms with E-state index in [1.165, 1.54) is 24.5 Å². The highest BCUT2D eigenvalue weighted by Gasteiger charge is 2.70. The Hall–Kier alpha value is -2.64. The Morgan fingerprint density at radius 2 is 1.93 bits per heavy atom. The number of aliphatic imine (C=N–C) groups is 2. The quantitative estimate of drug-likeness (QED) is 0.219. The number of aliphatic hydroxyl groups is 1. The second-order valence-electron chi connectivity index (χ2n) is 12.1. The number of nitrogens with one attached hydrogen (secondary N) is 1. The molecule has 244 valence electrons. The number of carbonyl (C=O) groups excluding carboxylic acids is 1. The topological polar surface area (TPSA) is 280 Å². The number of nitrogens with two attached hydrogens (primary N) is 2. The van der Waals surface area contributed by atoms with Gasteiger partial charge >= 0.3 is 15.4 Å². The van der Waals surface area contributed by atoms with E-state index in [-0.39, 0.29) is 24.6 Å². The molecule has 2 aromatic heterocycles. The molecule has 4 aliphatic heterocycles. The highest BCUT2D eigenvalue weighted by molar-refractivity contribution is 7.54. The van der Waals surface area contributed by atoms with Gasteiger partial charge in [0.2, 0.25) is 0 Å². The minimum absolute atomic E-state index is 0.0419. The van der Waals surface area contributed by atoms with Crippen molar-refractivity contribution in [1.82, 2.24) is 24.6 Å². The van der Waals surface area contributed by atoms with Crippen molar-refractivity contribution in [3.8, 4) is 0 Å². The number of nitrogens with zero attached hydrogens (tertiary/aromatic N) is 6. The van der Waals surface area contributed by atoms with Crippen LogP contribution in [0.25, 0.3) is 11.0 Å². The van der Waals surface area contributed by atoms with Crippen LogP contribution in [0.2, 0.25) is 0 Å². The van der Waals surface area contributed by atoms with E-state index in [0.29, 0.717) is 15.9 Å². The molecule has 5 aliphatic rings. The highest BCUT2D eigenvalue weighted by atomic mass is 32.1.